The van der Waals surface area contributed by atoms with E-state index in [1.165, 1.54) is 5.56 Å². The molecule has 1 atom stereocenters. The molecule has 3 N–H and O–H groups in total. The fourth-order valence-electron chi connectivity index (χ4n) is 4.65. The first-order chi connectivity index (χ1) is 16.5. The summed E-state index contributed by atoms with van der Waals surface area (Å²) in [6.45, 7) is 1.48. The molecule has 7 nitrogen and oxygen atoms in total. The van der Waals surface area contributed by atoms with Gasteiger partial charge in [0, 0.05) is 23.6 Å². The van der Waals surface area contributed by atoms with Crippen LogP contribution in [0.4, 0.5) is 11.6 Å². The van der Waals surface area contributed by atoms with E-state index in [4.69, 9.17) is 0 Å². The highest BCUT2D eigenvalue weighted by Crippen LogP contribution is 2.33. The summed E-state index contributed by atoms with van der Waals surface area (Å²) < 4.78 is 25.7. The lowest BCUT2D eigenvalue weighted by atomic mass is 10.0. The minimum absolute atomic E-state index is 0.321. The standard InChI is InChI=1S/C26H28N4O3S/c31-25-11-10-23-19(2-1-3-24(23)25)5-4-18-16-28-26(29-17-18)30-20-6-8-21(9-7-20)34(32,33)22-12-14-27-15-13-22/h1-9,16-17,22,25,27,31H,10-15H2,(H,28,29,30). The molecule has 1 aliphatic carbocycles. The summed E-state index contributed by atoms with van der Waals surface area (Å²) in [4.78, 5) is 9.11. The zero-order valence-corrected chi connectivity index (χ0v) is 19.6. The number of fused-ring (bicyclic) bond motifs is 1. The fourth-order valence-corrected chi connectivity index (χ4v) is 6.40. The van der Waals surface area contributed by atoms with Crippen LogP contribution in [0, 0.1) is 0 Å². The van der Waals surface area contributed by atoms with E-state index in [-0.39, 0.29) is 11.4 Å². The van der Waals surface area contributed by atoms with E-state index in [0.29, 0.717) is 23.7 Å². The molecule has 1 aliphatic heterocycles. The molecule has 2 heterocycles. The van der Waals surface area contributed by atoms with E-state index >= 15 is 0 Å². The van der Waals surface area contributed by atoms with Crippen LogP contribution < -0.4 is 10.6 Å². The Labute approximate surface area is 199 Å². The number of benzene rings is 2. The summed E-state index contributed by atoms with van der Waals surface area (Å²) in [5, 5.41) is 16.1. The molecule has 0 bridgehead atoms. The lowest BCUT2D eigenvalue weighted by molar-refractivity contribution is 0.180. The smallest absolute Gasteiger partial charge is 0.227 e. The summed E-state index contributed by atoms with van der Waals surface area (Å²) in [5.41, 5.74) is 4.93. The number of piperidine rings is 1. The van der Waals surface area contributed by atoms with Crippen molar-refractivity contribution in [2.75, 3.05) is 18.4 Å². The molecule has 1 unspecified atom stereocenters. The Bertz CT molecular complexity index is 1280. The highest BCUT2D eigenvalue weighted by atomic mass is 32.2. The molecule has 0 radical (unpaired) electrons. The van der Waals surface area contributed by atoms with Gasteiger partial charge in [-0.3, -0.25) is 0 Å². The topological polar surface area (TPSA) is 104 Å². The van der Waals surface area contributed by atoms with Crippen molar-refractivity contribution in [3.63, 3.8) is 0 Å². The zero-order chi connectivity index (χ0) is 23.5. The normalized spacial score (nSPS) is 18.8. The van der Waals surface area contributed by atoms with Gasteiger partial charge in [-0.25, -0.2) is 18.4 Å². The third-order valence-electron chi connectivity index (χ3n) is 6.57. The van der Waals surface area contributed by atoms with Gasteiger partial charge in [-0.1, -0.05) is 30.4 Å². The summed E-state index contributed by atoms with van der Waals surface area (Å²) in [6, 6.07) is 12.8. The molecule has 34 heavy (non-hydrogen) atoms. The molecule has 0 saturated carbocycles. The SMILES string of the molecule is O=S(=O)(c1ccc(Nc2ncc(C=Cc3cccc4c3CCC4O)cn2)cc1)C1CCNCC1. The van der Waals surface area contributed by atoms with E-state index in [0.717, 1.165) is 48.3 Å². The first-order valence-corrected chi connectivity index (χ1v) is 13.2. The van der Waals surface area contributed by atoms with Crippen molar-refractivity contribution in [3.8, 4) is 0 Å². The second kappa shape index (κ2) is 9.66. The summed E-state index contributed by atoms with van der Waals surface area (Å²) in [5.74, 6) is 0.440. The van der Waals surface area contributed by atoms with Gasteiger partial charge in [-0.05, 0) is 79.7 Å². The van der Waals surface area contributed by atoms with Crippen molar-refractivity contribution in [3.05, 3.63) is 77.1 Å². The highest BCUT2D eigenvalue weighted by molar-refractivity contribution is 7.92. The first kappa shape index (κ1) is 22.7. The predicted octanol–water partition coefficient (Wildman–Crippen LogP) is 3.90. The maximum absolute atomic E-state index is 12.8. The van der Waals surface area contributed by atoms with Crippen molar-refractivity contribution in [2.24, 2.45) is 0 Å². The Morgan fingerprint density at radius 3 is 2.44 bits per heavy atom. The monoisotopic (exact) mass is 476 g/mol. The van der Waals surface area contributed by atoms with Gasteiger partial charge in [-0.2, -0.15) is 0 Å². The average molecular weight is 477 g/mol. The third kappa shape index (κ3) is 4.75. The first-order valence-electron chi connectivity index (χ1n) is 11.6. The Morgan fingerprint density at radius 2 is 1.71 bits per heavy atom. The number of anilines is 2. The van der Waals surface area contributed by atoms with Gasteiger partial charge in [-0.15, -0.1) is 0 Å². The zero-order valence-electron chi connectivity index (χ0n) is 18.8. The molecule has 176 valence electrons. The molecule has 8 heteroatoms. The molecule has 2 aromatic carbocycles. The lowest BCUT2D eigenvalue weighted by Gasteiger charge is -2.22. The second-order valence-electron chi connectivity index (χ2n) is 8.79. The Morgan fingerprint density at radius 1 is 0.971 bits per heavy atom. The van der Waals surface area contributed by atoms with Crippen LogP contribution in [0.3, 0.4) is 0 Å². The van der Waals surface area contributed by atoms with Crippen molar-refractivity contribution < 1.29 is 13.5 Å². The van der Waals surface area contributed by atoms with Gasteiger partial charge >= 0.3 is 0 Å². The minimum atomic E-state index is -3.31. The minimum Gasteiger partial charge on any atom is -0.388 e. The number of hydrogen-bond donors (Lipinski definition) is 3. The highest BCUT2D eigenvalue weighted by Gasteiger charge is 2.28. The molecular weight excluding hydrogens is 448 g/mol. The van der Waals surface area contributed by atoms with Crippen molar-refractivity contribution in [1.82, 2.24) is 15.3 Å². The van der Waals surface area contributed by atoms with Crippen LogP contribution in [0.1, 0.15) is 47.6 Å². The van der Waals surface area contributed by atoms with Crippen LogP contribution >= 0.6 is 0 Å². The third-order valence-corrected chi connectivity index (χ3v) is 8.84. The number of hydrogen-bond acceptors (Lipinski definition) is 7. The van der Waals surface area contributed by atoms with Crippen molar-refractivity contribution in [1.29, 1.82) is 0 Å². The molecule has 1 fully saturated rings. The van der Waals surface area contributed by atoms with Crippen LogP contribution in [0.25, 0.3) is 12.2 Å². The second-order valence-corrected chi connectivity index (χ2v) is 11.0. The number of nitrogens with one attached hydrogen (secondary N) is 2. The van der Waals surface area contributed by atoms with E-state index in [1.54, 1.807) is 36.7 Å². The molecule has 5 rings (SSSR count). The van der Waals surface area contributed by atoms with Crippen LogP contribution in [-0.2, 0) is 16.3 Å². The maximum atomic E-state index is 12.8. The van der Waals surface area contributed by atoms with E-state index < -0.39 is 9.84 Å². The molecule has 1 aromatic heterocycles. The van der Waals surface area contributed by atoms with E-state index in [2.05, 4.69) is 26.7 Å². The summed E-state index contributed by atoms with van der Waals surface area (Å²) in [6.07, 6.45) is 10.0. The molecule has 2 aliphatic rings. The van der Waals surface area contributed by atoms with Gasteiger partial charge in [0.15, 0.2) is 9.84 Å². The number of sulfone groups is 1. The summed E-state index contributed by atoms with van der Waals surface area (Å²) >= 11 is 0. The molecule has 1 saturated heterocycles. The van der Waals surface area contributed by atoms with Gasteiger partial charge in [0.2, 0.25) is 5.95 Å². The van der Waals surface area contributed by atoms with Crippen LogP contribution in [-0.4, -0.2) is 41.8 Å². The van der Waals surface area contributed by atoms with Crippen LogP contribution in [0.5, 0.6) is 0 Å². The Balaban J connectivity index is 1.24. The van der Waals surface area contributed by atoms with Gasteiger partial charge < -0.3 is 15.7 Å². The number of aliphatic hydroxyl groups is 1. The molecule has 0 spiro atoms. The largest absolute Gasteiger partial charge is 0.388 e. The van der Waals surface area contributed by atoms with Crippen molar-refractivity contribution in [2.45, 2.75) is 41.9 Å². The average Bonchev–Trinajstić information content (AvgIpc) is 3.26. The molecule has 3 aromatic rings. The predicted molar refractivity (Wildman–Crippen MR) is 133 cm³/mol. The van der Waals surface area contributed by atoms with Gasteiger partial charge in [0.25, 0.3) is 0 Å². The van der Waals surface area contributed by atoms with Gasteiger partial charge in [0.05, 0.1) is 16.2 Å². The van der Waals surface area contributed by atoms with E-state index in [9.17, 15) is 13.5 Å². The summed E-state index contributed by atoms with van der Waals surface area (Å²) in [7, 11) is -3.31. The van der Waals surface area contributed by atoms with Crippen LogP contribution in [0.2, 0.25) is 0 Å². The quantitative estimate of drug-likeness (QED) is 0.496. The Kier molecular flexibility index (Phi) is 6.45. The number of nitrogens with zero attached hydrogens (tertiary/aromatic N) is 2. The van der Waals surface area contributed by atoms with Gasteiger partial charge in [0.1, 0.15) is 0 Å². The van der Waals surface area contributed by atoms with Crippen LogP contribution in [0.15, 0.2) is 59.8 Å². The number of rotatable bonds is 6. The Hall–Kier alpha value is -3.07. The molecule has 0 amide bonds. The number of aromatic nitrogens is 2. The maximum Gasteiger partial charge on any atom is 0.227 e. The van der Waals surface area contributed by atoms with Crippen molar-refractivity contribution >= 4 is 33.6 Å². The fraction of sp³-hybridized carbons (Fsp3) is 0.308. The number of aliphatic hydroxyl groups excluding tert-OH is 1. The molecular formula is C26H28N4O3S. The lowest BCUT2D eigenvalue weighted by Crippen LogP contribution is -2.35. The van der Waals surface area contributed by atoms with E-state index in [1.807, 2.05) is 24.3 Å².